The zero-order valence-corrected chi connectivity index (χ0v) is 40.2. The highest BCUT2D eigenvalue weighted by molar-refractivity contribution is 5.96. The zero-order valence-electron chi connectivity index (χ0n) is 41.2. The van der Waals surface area contributed by atoms with Crippen molar-refractivity contribution < 1.29 is 58.1 Å². The number of aliphatic hydroxyl groups is 2. The maximum absolute atomic E-state index is 13.2. The summed E-state index contributed by atoms with van der Waals surface area (Å²) < 4.78 is 54.5. The van der Waals surface area contributed by atoms with Gasteiger partial charge in [-0.3, -0.25) is 19.7 Å². The van der Waals surface area contributed by atoms with Gasteiger partial charge in [0.1, 0.15) is 17.1 Å². The molecule has 71 heavy (non-hydrogen) atoms. The minimum Gasteiger partial charge on any atom is -0.497 e. The lowest BCUT2D eigenvalue weighted by Crippen LogP contribution is -2.36. The SMILES string of the molecule is COc1cccc(CN2CC(CO)N(c3ccc(-c4cn[nH]c4)cc3)C2=O)c1.COc1cccc(CN2CC(CO)N(c3ccc(-c4cnn(C(=O)OC(C)(C)C)c4)cc3)C2=O)c1.O=CC(F)(F)F.[2H]CC. The number of halogens is 3. The normalized spacial score (nSPS) is 15.7. The largest absolute Gasteiger partial charge is 0.497 e. The maximum Gasteiger partial charge on any atom is 0.446 e. The molecule has 6 aromatic rings. The summed E-state index contributed by atoms with van der Waals surface area (Å²) in [6.07, 6.45) is 0.519. The van der Waals surface area contributed by atoms with Crippen LogP contribution in [0.3, 0.4) is 0 Å². The number of nitrogens with zero attached hydrogens (tertiary/aromatic N) is 7. The average Bonchev–Trinajstić information content (AvgIpc) is 4.20. The highest BCUT2D eigenvalue weighted by atomic mass is 19.4. The molecule has 17 nitrogen and oxygen atoms in total. The number of amides is 4. The fourth-order valence-electron chi connectivity index (χ4n) is 7.53. The fourth-order valence-corrected chi connectivity index (χ4v) is 7.53. The number of aromatic nitrogens is 4. The van der Waals surface area contributed by atoms with Gasteiger partial charge in [0, 0.05) is 62.4 Å². The summed E-state index contributed by atoms with van der Waals surface area (Å²) >= 11 is 0. The molecular weight excluding hydrogens is 926 g/mol. The molecule has 4 aromatic carbocycles. The van der Waals surface area contributed by atoms with Crippen LogP contribution in [0.1, 0.15) is 47.1 Å². The summed E-state index contributed by atoms with van der Waals surface area (Å²) in [6.45, 7) is 9.21. The molecule has 4 heterocycles. The van der Waals surface area contributed by atoms with Crippen molar-refractivity contribution in [3.63, 3.8) is 0 Å². The number of aliphatic hydroxyl groups excluding tert-OH is 2. The van der Waals surface area contributed by atoms with E-state index >= 15 is 0 Å². The summed E-state index contributed by atoms with van der Waals surface area (Å²) in [6, 6.07) is 29.4. The van der Waals surface area contributed by atoms with Crippen molar-refractivity contribution >= 4 is 35.8 Å². The second-order valence-electron chi connectivity index (χ2n) is 16.8. The van der Waals surface area contributed by atoms with Gasteiger partial charge in [-0.15, -0.1) is 0 Å². The van der Waals surface area contributed by atoms with Crippen LogP contribution in [0.25, 0.3) is 22.3 Å². The first-order valence-electron chi connectivity index (χ1n) is 23.0. The van der Waals surface area contributed by atoms with Gasteiger partial charge >= 0.3 is 24.3 Å². The third-order valence-corrected chi connectivity index (χ3v) is 10.7. The molecule has 2 saturated heterocycles. The van der Waals surface area contributed by atoms with E-state index in [0.717, 1.165) is 55.2 Å². The monoisotopic (exact) mass is 985 g/mol. The van der Waals surface area contributed by atoms with Crippen LogP contribution >= 0.6 is 0 Å². The molecule has 0 bridgehead atoms. The van der Waals surface area contributed by atoms with Gasteiger partial charge in [-0.05, 0) is 91.6 Å². The van der Waals surface area contributed by atoms with Gasteiger partial charge in [-0.25, -0.2) is 14.4 Å². The Morgan fingerprint density at radius 3 is 1.59 bits per heavy atom. The van der Waals surface area contributed by atoms with Crippen LogP contribution in [0.2, 0.25) is 0 Å². The number of hydrogen-bond donors (Lipinski definition) is 3. The number of methoxy groups -OCH3 is 2. The van der Waals surface area contributed by atoms with Crippen LogP contribution in [-0.4, -0.2) is 129 Å². The summed E-state index contributed by atoms with van der Waals surface area (Å²) in [5.41, 5.74) is 6.36. The number of urea groups is 2. The molecule has 2 atom stereocenters. The topological polar surface area (TPSA) is 196 Å². The Morgan fingerprint density at radius 1 is 0.761 bits per heavy atom. The second-order valence-corrected chi connectivity index (χ2v) is 16.8. The van der Waals surface area contributed by atoms with E-state index in [1.165, 1.54) is 0 Å². The lowest BCUT2D eigenvalue weighted by atomic mass is 10.1. The summed E-state index contributed by atoms with van der Waals surface area (Å²) in [4.78, 5) is 54.0. The first kappa shape index (κ1) is 52.7. The van der Waals surface area contributed by atoms with Crippen molar-refractivity contribution in [3.05, 3.63) is 133 Å². The van der Waals surface area contributed by atoms with Crippen molar-refractivity contribution in [1.29, 1.82) is 0 Å². The molecule has 0 aliphatic carbocycles. The van der Waals surface area contributed by atoms with Crippen molar-refractivity contribution in [2.45, 2.75) is 71.5 Å². The molecule has 2 unspecified atom stereocenters. The molecule has 0 saturated carbocycles. The number of aldehydes is 1. The Labute approximate surface area is 411 Å². The van der Waals surface area contributed by atoms with Crippen LogP contribution < -0.4 is 19.3 Å². The van der Waals surface area contributed by atoms with E-state index in [2.05, 4.69) is 15.3 Å². The Morgan fingerprint density at radius 2 is 1.21 bits per heavy atom. The molecule has 2 aromatic heterocycles. The lowest BCUT2D eigenvalue weighted by molar-refractivity contribution is -0.156. The van der Waals surface area contributed by atoms with E-state index < -0.39 is 24.2 Å². The molecular formula is C51H59F3N8O9. The Balaban J connectivity index is 0.000000233. The Kier molecular flexibility index (Phi) is 18.3. The smallest absolute Gasteiger partial charge is 0.446 e. The number of ether oxygens (including phenoxy) is 3. The second kappa shape index (κ2) is 24.7. The number of benzene rings is 4. The van der Waals surface area contributed by atoms with Gasteiger partial charge in [-0.1, -0.05) is 62.4 Å². The molecule has 2 aliphatic heterocycles. The van der Waals surface area contributed by atoms with E-state index in [-0.39, 0.29) is 37.4 Å². The Hall–Kier alpha value is -7.71. The molecule has 378 valence electrons. The van der Waals surface area contributed by atoms with E-state index in [0.29, 0.717) is 38.8 Å². The number of aromatic amines is 1. The van der Waals surface area contributed by atoms with Gasteiger partial charge in [0.2, 0.25) is 6.29 Å². The van der Waals surface area contributed by atoms with Crippen molar-refractivity contribution in [1.82, 2.24) is 29.8 Å². The van der Waals surface area contributed by atoms with Crippen molar-refractivity contribution in [3.8, 4) is 33.8 Å². The molecule has 4 amide bonds. The molecule has 0 spiro atoms. The quantitative estimate of drug-likeness (QED) is 0.0992. The van der Waals surface area contributed by atoms with Gasteiger partial charge in [0.05, 0.1) is 51.9 Å². The standard InChI is InChI=1S/C26H30N4O5.C21H22N4O3.C2HF3O.C2H6/c1-26(2,3)35-25(33)29-15-20(13-27-29)19-8-10-21(11-9-19)30-22(17-31)16-28(24(30)32)14-18-6-5-7-23(12-18)34-4;1-28-20-4-2-3-15(9-20)12-24-13-19(14-26)25(21(24)27)18-7-5-16(6-8-18)17-10-22-23-11-17;3-2(4,5)1-6;1-2/h5-13,15,22,31H,14,16-17H2,1-4H3;2-11,19,26H,12-14H2,1H3,(H,22,23);1H;1-2H3/i;;;1D. The lowest BCUT2D eigenvalue weighted by Gasteiger charge is -2.22. The minimum atomic E-state index is -4.64. The molecule has 8 rings (SSSR count). The average molecular weight is 986 g/mol. The number of H-pyrrole nitrogens is 1. The number of carbonyl (C=O) groups is 4. The number of alkyl halides is 3. The van der Waals surface area contributed by atoms with Crippen molar-refractivity contribution in [2.75, 3.05) is 50.3 Å². The summed E-state index contributed by atoms with van der Waals surface area (Å²) in [5.74, 6) is 1.49. The van der Waals surface area contributed by atoms with E-state index in [9.17, 15) is 37.8 Å². The number of nitrogens with one attached hydrogen (secondary N) is 1. The van der Waals surface area contributed by atoms with Gasteiger partial charge in [0.25, 0.3) is 0 Å². The molecule has 3 N–H and O–H groups in total. The van der Waals surface area contributed by atoms with Crippen LogP contribution in [0.5, 0.6) is 11.5 Å². The number of anilines is 2. The predicted octanol–water partition coefficient (Wildman–Crippen LogP) is 8.81. The molecule has 20 heteroatoms. The highest BCUT2D eigenvalue weighted by Gasteiger charge is 2.39. The first-order valence-corrected chi connectivity index (χ1v) is 22.3. The van der Waals surface area contributed by atoms with Gasteiger partial charge in [0.15, 0.2) is 0 Å². The maximum atomic E-state index is 13.2. The third kappa shape index (κ3) is 14.7. The van der Waals surface area contributed by atoms with E-state index in [1.54, 1.807) is 80.1 Å². The number of carbonyl (C=O) groups excluding carboxylic acids is 4. The molecule has 0 radical (unpaired) electrons. The van der Waals surface area contributed by atoms with Crippen molar-refractivity contribution in [2.24, 2.45) is 0 Å². The van der Waals surface area contributed by atoms with Crippen LogP contribution in [-0.2, 0) is 22.6 Å². The summed E-state index contributed by atoms with van der Waals surface area (Å²) in [5, 5.41) is 30.6. The highest BCUT2D eigenvalue weighted by Crippen LogP contribution is 2.31. The van der Waals surface area contributed by atoms with Gasteiger partial charge in [-0.2, -0.15) is 28.1 Å². The van der Waals surface area contributed by atoms with Crippen LogP contribution in [0, 0.1) is 0 Å². The van der Waals surface area contributed by atoms with Crippen LogP contribution in [0.4, 0.5) is 38.9 Å². The zero-order chi connectivity index (χ0) is 52.6. The predicted molar refractivity (Wildman–Crippen MR) is 261 cm³/mol. The van der Waals surface area contributed by atoms with Crippen LogP contribution in [0.15, 0.2) is 122 Å². The number of rotatable bonds is 12. The van der Waals surface area contributed by atoms with E-state index in [4.69, 9.17) is 20.4 Å². The number of hydrogen-bond acceptors (Lipinski definition) is 11. The fraction of sp³-hybridized carbons (Fsp3) is 0.333. The third-order valence-electron chi connectivity index (χ3n) is 10.7. The molecule has 2 fully saturated rings. The van der Waals surface area contributed by atoms with E-state index in [1.807, 2.05) is 103 Å². The van der Waals surface area contributed by atoms with Gasteiger partial charge < -0.3 is 34.2 Å². The minimum absolute atomic E-state index is 0.0934. The Bertz CT molecular complexity index is 2680. The molecule has 2 aliphatic rings. The first-order chi connectivity index (χ1) is 34.3. The summed E-state index contributed by atoms with van der Waals surface area (Å²) in [7, 11) is 3.23.